The Hall–Kier alpha value is -2.46. The normalized spacial score (nSPS) is 11.9. The zero-order chi connectivity index (χ0) is 20.2. The van der Waals surface area contributed by atoms with Crippen molar-refractivity contribution in [1.29, 1.82) is 0 Å². The second-order valence-corrected chi connectivity index (χ2v) is 8.39. The highest BCUT2D eigenvalue weighted by molar-refractivity contribution is 6.13. The standard InChI is InChI=1S/C23H28O4/c1-22(2,3)18-10-6-16(7-11-18)20(25)14-21(26)17-8-12-19(13-9-17)27-23(4,5)15-24/h6-13,24H,14-15H2,1-5H3. The minimum Gasteiger partial charge on any atom is -0.485 e. The van der Waals surface area contributed by atoms with Crippen molar-refractivity contribution in [2.75, 3.05) is 6.61 Å². The Morgan fingerprint density at radius 2 is 1.26 bits per heavy atom. The minimum absolute atomic E-state index is 0.0196. The molecule has 4 heteroatoms. The first-order chi connectivity index (χ1) is 12.5. The van der Waals surface area contributed by atoms with Crippen LogP contribution in [0.1, 0.15) is 67.3 Å². The van der Waals surface area contributed by atoms with Crippen molar-refractivity contribution >= 4 is 11.6 Å². The van der Waals surface area contributed by atoms with E-state index >= 15 is 0 Å². The fourth-order valence-corrected chi connectivity index (χ4v) is 2.57. The van der Waals surface area contributed by atoms with Crippen LogP contribution in [0.25, 0.3) is 0 Å². The van der Waals surface area contributed by atoms with E-state index in [4.69, 9.17) is 4.74 Å². The molecule has 0 saturated heterocycles. The second-order valence-electron chi connectivity index (χ2n) is 8.39. The Labute approximate surface area is 161 Å². The second kappa shape index (κ2) is 8.05. The number of carbonyl (C=O) groups excluding carboxylic acids is 2. The number of aliphatic hydroxyl groups excluding tert-OH is 1. The molecule has 2 rings (SSSR count). The van der Waals surface area contributed by atoms with Crippen LogP contribution in [-0.2, 0) is 5.41 Å². The number of ether oxygens (including phenoxy) is 1. The van der Waals surface area contributed by atoms with Crippen LogP contribution in [0.3, 0.4) is 0 Å². The van der Waals surface area contributed by atoms with Gasteiger partial charge >= 0.3 is 0 Å². The summed E-state index contributed by atoms with van der Waals surface area (Å²) in [7, 11) is 0. The van der Waals surface area contributed by atoms with Crippen molar-refractivity contribution in [3.63, 3.8) is 0 Å². The summed E-state index contributed by atoms with van der Waals surface area (Å²) < 4.78 is 5.65. The number of aliphatic hydroxyl groups is 1. The molecule has 2 aromatic carbocycles. The van der Waals surface area contributed by atoms with Gasteiger partial charge in [0.2, 0.25) is 0 Å². The maximum absolute atomic E-state index is 12.4. The van der Waals surface area contributed by atoms with Crippen LogP contribution in [0.15, 0.2) is 48.5 Å². The van der Waals surface area contributed by atoms with E-state index in [-0.39, 0.29) is 30.0 Å². The first-order valence-electron chi connectivity index (χ1n) is 9.09. The average Bonchev–Trinajstić information content (AvgIpc) is 2.61. The third kappa shape index (κ3) is 5.76. The SMILES string of the molecule is CC(C)(CO)Oc1ccc(C(=O)CC(=O)c2ccc(C(C)(C)C)cc2)cc1. The van der Waals surface area contributed by atoms with Crippen molar-refractivity contribution in [2.45, 2.75) is 52.1 Å². The highest BCUT2D eigenvalue weighted by Gasteiger charge is 2.19. The van der Waals surface area contributed by atoms with E-state index in [1.54, 1.807) is 50.2 Å². The van der Waals surface area contributed by atoms with E-state index in [0.29, 0.717) is 16.9 Å². The molecular weight excluding hydrogens is 340 g/mol. The molecular formula is C23H28O4. The molecule has 0 fully saturated rings. The monoisotopic (exact) mass is 368 g/mol. The molecule has 0 spiro atoms. The van der Waals surface area contributed by atoms with Gasteiger partial charge in [0.1, 0.15) is 11.4 Å². The lowest BCUT2D eigenvalue weighted by atomic mass is 9.86. The van der Waals surface area contributed by atoms with Gasteiger partial charge in [-0.1, -0.05) is 45.0 Å². The summed E-state index contributed by atoms with van der Waals surface area (Å²) in [6.45, 7) is 9.77. The van der Waals surface area contributed by atoms with Crippen molar-refractivity contribution in [1.82, 2.24) is 0 Å². The highest BCUT2D eigenvalue weighted by Crippen LogP contribution is 2.23. The molecule has 0 unspecified atom stereocenters. The van der Waals surface area contributed by atoms with Crippen LogP contribution in [0.5, 0.6) is 5.75 Å². The maximum atomic E-state index is 12.4. The predicted molar refractivity (Wildman–Crippen MR) is 107 cm³/mol. The van der Waals surface area contributed by atoms with Gasteiger partial charge in [-0.25, -0.2) is 0 Å². The number of hydrogen-bond donors (Lipinski definition) is 1. The first kappa shape index (κ1) is 20.8. The summed E-state index contributed by atoms with van der Waals surface area (Å²) >= 11 is 0. The fraction of sp³-hybridized carbons (Fsp3) is 0.391. The van der Waals surface area contributed by atoms with Gasteiger partial charge in [-0.05, 0) is 49.1 Å². The summed E-state index contributed by atoms with van der Waals surface area (Å²) in [6, 6.07) is 14.1. The van der Waals surface area contributed by atoms with Crippen molar-refractivity contribution in [3.8, 4) is 5.75 Å². The van der Waals surface area contributed by atoms with E-state index in [9.17, 15) is 14.7 Å². The lowest BCUT2D eigenvalue weighted by Crippen LogP contribution is -2.32. The molecule has 0 atom stereocenters. The van der Waals surface area contributed by atoms with Crippen LogP contribution < -0.4 is 4.74 Å². The number of ketones is 2. The molecule has 0 amide bonds. The smallest absolute Gasteiger partial charge is 0.170 e. The van der Waals surface area contributed by atoms with Crippen LogP contribution >= 0.6 is 0 Å². The zero-order valence-corrected chi connectivity index (χ0v) is 16.7. The Morgan fingerprint density at radius 1 is 0.815 bits per heavy atom. The topological polar surface area (TPSA) is 63.6 Å². The van der Waals surface area contributed by atoms with E-state index in [0.717, 1.165) is 5.56 Å². The number of Topliss-reactive ketones (excluding diaryl/α,β-unsaturated/α-hetero) is 2. The summed E-state index contributed by atoms with van der Waals surface area (Å²) in [5, 5.41) is 9.25. The highest BCUT2D eigenvalue weighted by atomic mass is 16.5. The molecule has 0 aliphatic heterocycles. The maximum Gasteiger partial charge on any atom is 0.170 e. The molecule has 0 radical (unpaired) electrons. The predicted octanol–water partition coefficient (Wildman–Crippen LogP) is 4.59. The molecule has 1 N–H and O–H groups in total. The molecule has 0 aromatic heterocycles. The Balaban J connectivity index is 2.03. The van der Waals surface area contributed by atoms with Gasteiger partial charge in [-0.3, -0.25) is 9.59 Å². The lowest BCUT2D eigenvalue weighted by molar-refractivity contribution is 0.0412. The molecule has 0 heterocycles. The van der Waals surface area contributed by atoms with Crippen LogP contribution in [-0.4, -0.2) is 28.9 Å². The van der Waals surface area contributed by atoms with Crippen molar-refractivity contribution in [3.05, 3.63) is 65.2 Å². The van der Waals surface area contributed by atoms with Crippen LogP contribution in [0, 0.1) is 0 Å². The van der Waals surface area contributed by atoms with Gasteiger partial charge in [-0.2, -0.15) is 0 Å². The largest absolute Gasteiger partial charge is 0.485 e. The van der Waals surface area contributed by atoms with E-state index in [1.165, 1.54) is 0 Å². The Kier molecular flexibility index (Phi) is 6.22. The van der Waals surface area contributed by atoms with Crippen molar-refractivity contribution < 1.29 is 19.4 Å². The first-order valence-corrected chi connectivity index (χ1v) is 9.09. The number of rotatable bonds is 7. The van der Waals surface area contributed by atoms with Gasteiger partial charge in [0.25, 0.3) is 0 Å². The van der Waals surface area contributed by atoms with E-state index < -0.39 is 5.60 Å². The van der Waals surface area contributed by atoms with Gasteiger partial charge in [-0.15, -0.1) is 0 Å². The molecule has 0 saturated carbocycles. The Bertz CT molecular complexity index is 794. The van der Waals surface area contributed by atoms with Gasteiger partial charge in [0.15, 0.2) is 11.6 Å². The summed E-state index contributed by atoms with van der Waals surface area (Å²) in [6.07, 6.45) is -0.169. The molecule has 144 valence electrons. The molecule has 4 nitrogen and oxygen atoms in total. The molecule has 0 aliphatic carbocycles. The third-order valence-corrected chi connectivity index (χ3v) is 4.35. The number of benzene rings is 2. The quantitative estimate of drug-likeness (QED) is 0.573. The number of carbonyl (C=O) groups is 2. The molecule has 2 aromatic rings. The van der Waals surface area contributed by atoms with E-state index in [2.05, 4.69) is 20.8 Å². The molecule has 0 bridgehead atoms. The minimum atomic E-state index is -0.694. The van der Waals surface area contributed by atoms with Crippen molar-refractivity contribution in [2.24, 2.45) is 0 Å². The molecule has 27 heavy (non-hydrogen) atoms. The fourth-order valence-electron chi connectivity index (χ4n) is 2.57. The average molecular weight is 368 g/mol. The Morgan fingerprint density at radius 3 is 1.67 bits per heavy atom. The lowest BCUT2D eigenvalue weighted by Gasteiger charge is -2.23. The third-order valence-electron chi connectivity index (χ3n) is 4.35. The summed E-state index contributed by atoms with van der Waals surface area (Å²) in [5.74, 6) is 0.143. The van der Waals surface area contributed by atoms with E-state index in [1.807, 2.05) is 12.1 Å². The summed E-state index contributed by atoms with van der Waals surface area (Å²) in [4.78, 5) is 24.8. The van der Waals surface area contributed by atoms with Gasteiger partial charge < -0.3 is 9.84 Å². The van der Waals surface area contributed by atoms with Crippen LogP contribution in [0.2, 0.25) is 0 Å². The molecule has 0 aliphatic rings. The summed E-state index contributed by atoms with van der Waals surface area (Å²) in [5.41, 5.74) is 1.48. The number of hydrogen-bond acceptors (Lipinski definition) is 4. The van der Waals surface area contributed by atoms with Crippen LogP contribution in [0.4, 0.5) is 0 Å². The zero-order valence-electron chi connectivity index (χ0n) is 16.7. The van der Waals surface area contributed by atoms with Gasteiger partial charge in [0, 0.05) is 11.1 Å². The van der Waals surface area contributed by atoms with Gasteiger partial charge in [0.05, 0.1) is 13.0 Å².